The molecule has 26 heavy (non-hydrogen) atoms. The maximum Gasteiger partial charge on any atom is 0.333 e. The molecular weight excluding hydrogens is 392 g/mol. The van der Waals surface area contributed by atoms with Crippen LogP contribution < -0.4 is 27.2 Å². The Morgan fingerprint density at radius 2 is 1.62 bits per heavy atom. The fourth-order valence-electron chi connectivity index (χ4n) is 4.06. The topological polar surface area (TPSA) is 42.8 Å². The van der Waals surface area contributed by atoms with Crippen molar-refractivity contribution in [1.82, 2.24) is 0 Å². The van der Waals surface area contributed by atoms with Gasteiger partial charge in [0.2, 0.25) is 0 Å². The number of hydrogen-bond donors (Lipinski definition) is 2. The molecule has 0 amide bonds. The van der Waals surface area contributed by atoms with Gasteiger partial charge in [-0.15, -0.1) is 0 Å². The van der Waals surface area contributed by atoms with Crippen molar-refractivity contribution in [2.45, 2.75) is 25.0 Å². The first-order valence-corrected chi connectivity index (χ1v) is 9.20. The van der Waals surface area contributed by atoms with Crippen LogP contribution in [0.3, 0.4) is 0 Å². The monoisotopic (exact) mass is 416 g/mol. The number of carbonyl (C=O) groups excluding carboxylic acids is 1. The Hall–Kier alpha value is -1.85. The van der Waals surface area contributed by atoms with Crippen LogP contribution in [0.2, 0.25) is 0 Å². The molecule has 0 aromatic heterocycles. The van der Waals surface area contributed by atoms with Crippen molar-refractivity contribution < 1.29 is 31.4 Å². The number of nitrogens with one attached hydrogen (secondary N) is 2. The molecular formula is C21H25BrN2O2. The van der Waals surface area contributed by atoms with Crippen LogP contribution in [0.4, 0.5) is 5.69 Å². The number of ether oxygens (including phenoxy) is 1. The Morgan fingerprint density at radius 3 is 2.19 bits per heavy atom. The molecule has 3 saturated heterocycles. The maximum absolute atomic E-state index is 13.0. The second-order valence-electron chi connectivity index (χ2n) is 7.12. The van der Waals surface area contributed by atoms with Crippen LogP contribution >= 0.6 is 0 Å². The largest absolute Gasteiger partial charge is 1.00 e. The first-order valence-electron chi connectivity index (χ1n) is 9.20. The maximum atomic E-state index is 13.0. The van der Waals surface area contributed by atoms with Crippen LogP contribution in [-0.4, -0.2) is 31.7 Å². The first-order chi connectivity index (χ1) is 12.3. The molecule has 0 aliphatic carbocycles. The second-order valence-corrected chi connectivity index (χ2v) is 7.12. The average molecular weight is 417 g/mol. The number of para-hydroxylation sites is 1. The molecule has 3 aliphatic heterocycles. The van der Waals surface area contributed by atoms with Gasteiger partial charge in [0.25, 0.3) is 0 Å². The Kier molecular flexibility index (Phi) is 6.33. The highest BCUT2D eigenvalue weighted by Crippen LogP contribution is 2.25. The van der Waals surface area contributed by atoms with Crippen molar-refractivity contribution >= 4 is 11.7 Å². The summed E-state index contributed by atoms with van der Waals surface area (Å²) in [6.07, 6.45) is 2.42. The van der Waals surface area contributed by atoms with Crippen molar-refractivity contribution in [3.05, 3.63) is 66.2 Å². The Bertz CT molecular complexity index is 702. The third-order valence-electron chi connectivity index (χ3n) is 5.47. The Balaban J connectivity index is 0.00000196. The summed E-state index contributed by atoms with van der Waals surface area (Å²) in [5.41, 5.74) is 1.86. The predicted molar refractivity (Wildman–Crippen MR) is 97.4 cm³/mol. The van der Waals surface area contributed by atoms with Gasteiger partial charge in [0, 0.05) is 24.4 Å². The molecule has 0 spiro atoms. The van der Waals surface area contributed by atoms with E-state index in [2.05, 4.69) is 5.32 Å². The third-order valence-corrected chi connectivity index (χ3v) is 5.47. The number of hydrogen-bond acceptors (Lipinski definition) is 3. The lowest BCUT2D eigenvalue weighted by molar-refractivity contribution is -0.920. The highest BCUT2D eigenvalue weighted by atomic mass is 79.9. The van der Waals surface area contributed by atoms with Crippen molar-refractivity contribution in [2.24, 2.45) is 5.92 Å². The molecule has 3 fully saturated rings. The van der Waals surface area contributed by atoms with Gasteiger partial charge < -0.3 is 31.9 Å². The van der Waals surface area contributed by atoms with E-state index in [1.807, 2.05) is 60.7 Å². The van der Waals surface area contributed by atoms with Crippen LogP contribution in [0.1, 0.15) is 24.4 Å². The van der Waals surface area contributed by atoms with Crippen molar-refractivity contribution in [3.63, 3.8) is 0 Å². The van der Waals surface area contributed by atoms with Gasteiger partial charge in [0.05, 0.1) is 13.1 Å². The van der Waals surface area contributed by atoms with Gasteiger partial charge >= 0.3 is 5.97 Å². The standard InChI is InChI=1S/C21H24N2O2.BrH/c24-21(25-19-15-23-13-11-16(19)12-14-23)20(17-7-3-1-4-8-17)22-18-9-5-2-6-10-18;/h1-10,16,19-20,22H,11-15H2;1H. The molecule has 2 atom stereocenters. The van der Waals surface area contributed by atoms with E-state index in [4.69, 9.17) is 4.74 Å². The van der Waals surface area contributed by atoms with E-state index in [0.29, 0.717) is 5.92 Å². The molecule has 5 heteroatoms. The Morgan fingerprint density at radius 1 is 1.00 bits per heavy atom. The number of quaternary nitrogens is 1. The smallest absolute Gasteiger partial charge is 0.333 e. The summed E-state index contributed by atoms with van der Waals surface area (Å²) in [6, 6.07) is 19.2. The van der Waals surface area contributed by atoms with Crippen LogP contribution in [-0.2, 0) is 9.53 Å². The predicted octanol–water partition coefficient (Wildman–Crippen LogP) is -0.936. The molecule has 0 radical (unpaired) electrons. The van der Waals surface area contributed by atoms with Crippen LogP contribution in [0.25, 0.3) is 0 Å². The minimum Gasteiger partial charge on any atom is -1.00 e. The van der Waals surface area contributed by atoms with E-state index in [9.17, 15) is 4.79 Å². The molecule has 5 rings (SSSR count). The zero-order valence-corrected chi connectivity index (χ0v) is 16.3. The minimum absolute atomic E-state index is 0. The fraction of sp³-hybridized carbons (Fsp3) is 0.381. The van der Waals surface area contributed by atoms with E-state index in [1.54, 1.807) is 4.90 Å². The van der Waals surface area contributed by atoms with Gasteiger partial charge in [-0.2, -0.15) is 0 Å². The number of rotatable bonds is 5. The molecule has 2 unspecified atom stereocenters. The third kappa shape index (κ3) is 4.27. The molecule has 3 aliphatic rings. The number of esters is 1. The summed E-state index contributed by atoms with van der Waals surface area (Å²) in [5, 5.41) is 3.35. The highest BCUT2D eigenvalue weighted by molar-refractivity contribution is 5.81. The second kappa shape index (κ2) is 8.69. The summed E-state index contributed by atoms with van der Waals surface area (Å²) in [7, 11) is 0. The van der Waals surface area contributed by atoms with Gasteiger partial charge in [-0.05, 0) is 17.7 Å². The van der Waals surface area contributed by atoms with Crippen LogP contribution in [0.5, 0.6) is 0 Å². The highest BCUT2D eigenvalue weighted by Gasteiger charge is 2.40. The molecule has 4 nitrogen and oxygen atoms in total. The summed E-state index contributed by atoms with van der Waals surface area (Å²) >= 11 is 0. The fourth-order valence-corrected chi connectivity index (χ4v) is 4.06. The Labute approximate surface area is 165 Å². The summed E-state index contributed by atoms with van der Waals surface area (Å²) < 4.78 is 5.99. The lowest BCUT2D eigenvalue weighted by atomic mass is 9.86. The molecule has 2 N–H and O–H groups in total. The van der Waals surface area contributed by atoms with Gasteiger partial charge in [-0.25, -0.2) is 4.79 Å². The lowest BCUT2D eigenvalue weighted by Gasteiger charge is -2.41. The van der Waals surface area contributed by atoms with E-state index in [-0.39, 0.29) is 29.1 Å². The molecule has 2 aromatic rings. The number of carbonyl (C=O) groups is 1. The van der Waals surface area contributed by atoms with Crippen molar-refractivity contribution in [2.75, 3.05) is 25.0 Å². The zero-order chi connectivity index (χ0) is 17.1. The van der Waals surface area contributed by atoms with Crippen molar-refractivity contribution in [1.29, 1.82) is 0 Å². The molecule has 3 heterocycles. The van der Waals surface area contributed by atoms with Crippen LogP contribution in [0, 0.1) is 5.92 Å². The van der Waals surface area contributed by atoms with E-state index >= 15 is 0 Å². The molecule has 0 saturated carbocycles. The summed E-state index contributed by atoms with van der Waals surface area (Å²) in [6.45, 7) is 3.41. The van der Waals surface area contributed by atoms with Gasteiger partial charge in [-0.3, -0.25) is 0 Å². The minimum atomic E-state index is -0.478. The molecule has 2 bridgehead atoms. The van der Waals surface area contributed by atoms with Gasteiger partial charge in [0.1, 0.15) is 6.54 Å². The number of fused-ring (bicyclic) bond motifs is 3. The number of piperidine rings is 3. The molecule has 2 aromatic carbocycles. The SMILES string of the molecule is O=C(OC1C[NH+]2CCC1CC2)C(Nc1ccccc1)c1ccccc1.[Br-]. The van der Waals surface area contributed by atoms with Crippen molar-refractivity contribution in [3.8, 4) is 0 Å². The van der Waals surface area contributed by atoms with E-state index in [0.717, 1.165) is 17.8 Å². The normalized spacial score (nSPS) is 25.0. The average Bonchev–Trinajstić information content (AvgIpc) is 2.68. The van der Waals surface area contributed by atoms with E-state index < -0.39 is 6.04 Å². The molecule has 138 valence electrons. The zero-order valence-electron chi connectivity index (χ0n) is 14.7. The number of anilines is 1. The van der Waals surface area contributed by atoms with E-state index in [1.165, 1.54) is 25.9 Å². The lowest BCUT2D eigenvalue weighted by Crippen LogP contribution is -3.16. The first kappa shape index (κ1) is 18.9. The van der Waals surface area contributed by atoms with Gasteiger partial charge in [0.15, 0.2) is 12.1 Å². The summed E-state index contributed by atoms with van der Waals surface area (Å²) in [4.78, 5) is 14.6. The van der Waals surface area contributed by atoms with Gasteiger partial charge in [-0.1, -0.05) is 48.5 Å². The quantitative estimate of drug-likeness (QED) is 0.618. The van der Waals surface area contributed by atoms with Crippen LogP contribution in [0.15, 0.2) is 60.7 Å². The number of benzene rings is 2. The number of halogens is 1. The summed E-state index contributed by atoms with van der Waals surface area (Å²) in [5.74, 6) is 0.364.